The lowest BCUT2D eigenvalue weighted by atomic mass is 9.79. The van der Waals surface area contributed by atoms with Gasteiger partial charge >= 0.3 is 0 Å². The van der Waals surface area contributed by atoms with Crippen LogP contribution < -0.4 is 0 Å². The van der Waals surface area contributed by atoms with Crippen molar-refractivity contribution in [3.63, 3.8) is 0 Å². The van der Waals surface area contributed by atoms with Crippen LogP contribution in [-0.4, -0.2) is 21.6 Å². The molecule has 0 saturated heterocycles. The van der Waals surface area contributed by atoms with Crippen LogP contribution in [0.5, 0.6) is 0 Å². The highest BCUT2D eigenvalue weighted by molar-refractivity contribution is 6.02. The predicted molar refractivity (Wildman–Crippen MR) is 246 cm³/mol. The molecule has 2 nitrogen and oxygen atoms in total. The van der Waals surface area contributed by atoms with Gasteiger partial charge in [0.15, 0.2) is 0 Å². The van der Waals surface area contributed by atoms with Gasteiger partial charge in [0.25, 0.3) is 0 Å². The minimum atomic E-state index is 0.272. The van der Waals surface area contributed by atoms with Gasteiger partial charge in [-0.3, -0.25) is 0 Å². The molecular weight excluding hydrogens is 701 g/mol. The third-order valence-corrected chi connectivity index (χ3v) is 13.7. The minimum Gasteiger partial charge on any atom is -0.358 e. The zero-order chi connectivity index (χ0) is 38.4. The second-order valence-corrected chi connectivity index (χ2v) is 17.1. The smallest absolute Gasteiger partial charge is 0.0544 e. The van der Waals surface area contributed by atoms with Crippen molar-refractivity contribution in [3.8, 4) is 5.69 Å². The maximum atomic E-state index is 2.73. The molecule has 0 aliphatic heterocycles. The second kappa shape index (κ2) is 15.1. The lowest BCUT2D eigenvalue weighted by Gasteiger charge is -2.41. The molecule has 11 rings (SSSR count). The average molecular weight is 753 g/mol. The van der Waals surface area contributed by atoms with Crippen molar-refractivity contribution in [2.24, 2.45) is 5.92 Å². The Labute approximate surface area is 344 Å². The summed E-state index contributed by atoms with van der Waals surface area (Å²) in [6.07, 6.45) is 53.6. The van der Waals surface area contributed by atoms with E-state index in [4.69, 9.17) is 0 Å². The fourth-order valence-electron chi connectivity index (χ4n) is 10.7. The van der Waals surface area contributed by atoms with Gasteiger partial charge < -0.3 is 9.47 Å². The van der Waals surface area contributed by atoms with Crippen molar-refractivity contribution in [3.05, 3.63) is 208 Å². The van der Waals surface area contributed by atoms with E-state index in [1.807, 2.05) is 0 Å². The van der Waals surface area contributed by atoms with Crippen LogP contribution >= 0.6 is 0 Å². The van der Waals surface area contributed by atoms with E-state index in [-0.39, 0.29) is 6.04 Å². The third kappa shape index (κ3) is 6.44. The lowest BCUT2D eigenvalue weighted by Crippen LogP contribution is -2.41. The van der Waals surface area contributed by atoms with Crippen molar-refractivity contribution in [2.45, 2.75) is 82.7 Å². The fourth-order valence-corrected chi connectivity index (χ4v) is 10.7. The Bertz CT molecular complexity index is 2720. The molecule has 3 aromatic carbocycles. The fraction of sp³-hybridized carbons (Fsp3) is 0.250. The number of hydrogen-bond donors (Lipinski definition) is 0. The topological polar surface area (TPSA) is 8.17 Å². The number of aryl methyl sites for hydroxylation is 1. The zero-order valence-corrected chi connectivity index (χ0v) is 33.5. The Kier molecular flexibility index (Phi) is 9.22. The molecule has 3 unspecified atom stereocenters. The predicted octanol–water partition coefficient (Wildman–Crippen LogP) is 14.1. The zero-order valence-electron chi connectivity index (χ0n) is 33.5. The summed E-state index contributed by atoms with van der Waals surface area (Å²) >= 11 is 0. The molecule has 0 spiro atoms. The maximum Gasteiger partial charge on any atom is 0.0544 e. The molecule has 3 atom stereocenters. The number of nitrogens with zero attached hydrogens (tertiary/aromatic N) is 2. The Morgan fingerprint density at radius 2 is 1.38 bits per heavy atom. The van der Waals surface area contributed by atoms with E-state index in [0.29, 0.717) is 12.0 Å². The van der Waals surface area contributed by atoms with Crippen molar-refractivity contribution in [1.82, 2.24) is 9.47 Å². The van der Waals surface area contributed by atoms with Gasteiger partial charge in [-0.2, -0.15) is 0 Å². The first kappa shape index (κ1) is 35.3. The van der Waals surface area contributed by atoms with Gasteiger partial charge in [-0.15, -0.1) is 0 Å². The molecule has 7 aliphatic rings. The summed E-state index contributed by atoms with van der Waals surface area (Å²) in [5.41, 5.74) is 16.9. The standard InChI is InChI=1S/C56H52N2/c1-2-12-39(13-3-1)41-24-30-48(31-25-41)57(49-32-26-42(27-33-49)47-23-22-40-14-4-5-15-44(40)36-47)50-34-28-43(29-35-50)51-18-8-10-20-54(51)58-55-21-11-9-19-52(55)53-37-45-16-6-7-17-46(45)38-56(53)58/h1-2,6-8,10-12,14-18,20-21,24-26,28-30,32-34,36-38,42,48,50H,3-5,9,13,19,22-23,27,31,35H2. The first-order valence-electron chi connectivity index (χ1n) is 22.0. The maximum absolute atomic E-state index is 2.73. The molecule has 1 aromatic heterocycles. The molecular formula is C56H52N2. The highest BCUT2D eigenvalue weighted by Crippen LogP contribution is 2.41. The first-order chi connectivity index (χ1) is 28.7. The van der Waals surface area contributed by atoms with Crippen LogP contribution in [0.1, 0.15) is 81.0 Å². The Morgan fingerprint density at radius 3 is 2.17 bits per heavy atom. The number of rotatable bonds is 7. The SMILES string of the molecule is C1=CCCC(C2=CCC(N(C3=CCC(C4=CC5=CCCC=C5CC4)C=C3)C3C=CC(c4ccccc4-n4c5c(c6cc7ccccc7cc64)CCC=C5)=CC3)C=C2)=C1. The van der Waals surface area contributed by atoms with Gasteiger partial charge in [0.2, 0.25) is 0 Å². The van der Waals surface area contributed by atoms with Crippen LogP contribution in [0.4, 0.5) is 0 Å². The molecule has 286 valence electrons. The molecule has 1 heterocycles. The molecule has 58 heavy (non-hydrogen) atoms. The van der Waals surface area contributed by atoms with Crippen LogP contribution in [0.3, 0.4) is 0 Å². The van der Waals surface area contributed by atoms with Crippen LogP contribution in [0.25, 0.3) is 39.0 Å². The number of allylic oxidation sites excluding steroid dienone is 18. The van der Waals surface area contributed by atoms with Gasteiger partial charge in [-0.1, -0.05) is 139 Å². The molecule has 7 aliphatic carbocycles. The van der Waals surface area contributed by atoms with E-state index in [2.05, 4.69) is 173 Å². The monoisotopic (exact) mass is 752 g/mol. The van der Waals surface area contributed by atoms with Gasteiger partial charge in [0.1, 0.15) is 0 Å². The van der Waals surface area contributed by atoms with Crippen molar-refractivity contribution in [2.75, 3.05) is 0 Å². The van der Waals surface area contributed by atoms with E-state index < -0.39 is 0 Å². The molecule has 0 radical (unpaired) electrons. The first-order valence-corrected chi connectivity index (χ1v) is 22.0. The largest absolute Gasteiger partial charge is 0.358 e. The van der Waals surface area contributed by atoms with Crippen LogP contribution in [0.2, 0.25) is 0 Å². The van der Waals surface area contributed by atoms with E-state index in [1.165, 1.54) is 97.9 Å². The summed E-state index contributed by atoms with van der Waals surface area (Å²) in [4.78, 5) is 2.73. The highest BCUT2D eigenvalue weighted by atomic mass is 15.2. The molecule has 0 saturated carbocycles. The third-order valence-electron chi connectivity index (χ3n) is 13.7. The van der Waals surface area contributed by atoms with E-state index in [9.17, 15) is 0 Å². The second-order valence-electron chi connectivity index (χ2n) is 17.1. The van der Waals surface area contributed by atoms with Crippen LogP contribution in [0, 0.1) is 5.92 Å². The summed E-state index contributed by atoms with van der Waals surface area (Å²) in [5.74, 6) is 0.489. The van der Waals surface area contributed by atoms with E-state index >= 15 is 0 Å². The van der Waals surface area contributed by atoms with Gasteiger partial charge in [-0.25, -0.2) is 0 Å². The summed E-state index contributed by atoms with van der Waals surface area (Å²) in [6, 6.07) is 23.3. The minimum absolute atomic E-state index is 0.272. The Hall–Kier alpha value is -5.86. The van der Waals surface area contributed by atoms with Crippen LogP contribution in [0.15, 0.2) is 191 Å². The molecule has 2 heteroatoms. The van der Waals surface area contributed by atoms with Crippen molar-refractivity contribution in [1.29, 1.82) is 0 Å². The average Bonchev–Trinajstić information content (AvgIpc) is 3.62. The Morgan fingerprint density at radius 1 is 0.586 bits per heavy atom. The molecule has 0 bridgehead atoms. The van der Waals surface area contributed by atoms with Gasteiger partial charge in [0, 0.05) is 28.3 Å². The summed E-state index contributed by atoms with van der Waals surface area (Å²) in [5, 5.41) is 3.99. The number of para-hydroxylation sites is 1. The number of fused-ring (bicyclic) bond motifs is 5. The van der Waals surface area contributed by atoms with E-state index in [0.717, 1.165) is 44.9 Å². The van der Waals surface area contributed by atoms with Crippen molar-refractivity contribution >= 4 is 33.3 Å². The molecule has 0 amide bonds. The summed E-state index contributed by atoms with van der Waals surface area (Å²) in [6.45, 7) is 0. The number of benzene rings is 3. The number of aromatic nitrogens is 1. The number of hydrogen-bond acceptors (Lipinski definition) is 1. The van der Waals surface area contributed by atoms with Gasteiger partial charge in [-0.05, 0) is 145 Å². The lowest BCUT2D eigenvalue weighted by molar-refractivity contribution is 0.251. The summed E-state index contributed by atoms with van der Waals surface area (Å²) < 4.78 is 2.54. The normalized spacial score (nSPS) is 23.7. The molecule has 0 N–H and O–H groups in total. The van der Waals surface area contributed by atoms with Gasteiger partial charge in [0.05, 0.1) is 23.3 Å². The quantitative estimate of drug-likeness (QED) is 0.182. The summed E-state index contributed by atoms with van der Waals surface area (Å²) in [7, 11) is 0. The van der Waals surface area contributed by atoms with E-state index in [1.54, 1.807) is 11.1 Å². The molecule has 4 aromatic rings. The Balaban J connectivity index is 0.911. The molecule has 0 fully saturated rings. The van der Waals surface area contributed by atoms with Crippen molar-refractivity contribution < 1.29 is 0 Å². The highest BCUT2D eigenvalue weighted by Gasteiger charge is 2.30. The van der Waals surface area contributed by atoms with Crippen LogP contribution in [-0.2, 0) is 6.42 Å².